The van der Waals surface area contributed by atoms with Gasteiger partial charge in [-0.1, -0.05) is 29.4 Å². The van der Waals surface area contributed by atoms with Gasteiger partial charge in [-0.2, -0.15) is 4.98 Å². The number of nitrogens with zero attached hydrogens (tertiary/aromatic N) is 2. The molecule has 8 nitrogen and oxygen atoms in total. The third kappa shape index (κ3) is 6.13. The standard InChI is InChI=1S/C19H19N5O3S/c1-13-20-17(24-27-13)11-28-12-18(25)21-15-8-5-9-16(10-15)23-19(26)22-14-6-3-2-4-7-14/h2-10H,11-12H2,1H3,(H,21,25)(H2,22,23,26). The normalized spacial score (nSPS) is 10.3. The number of anilines is 3. The fraction of sp³-hybridized carbons (Fsp3) is 0.158. The molecule has 2 aromatic carbocycles. The van der Waals surface area contributed by atoms with Gasteiger partial charge in [0.15, 0.2) is 5.82 Å². The number of aryl methyl sites for hydroxylation is 1. The molecule has 3 rings (SSSR count). The zero-order valence-electron chi connectivity index (χ0n) is 15.1. The molecule has 9 heteroatoms. The second-order valence-corrected chi connectivity index (χ2v) is 6.78. The predicted molar refractivity (Wildman–Crippen MR) is 109 cm³/mol. The van der Waals surface area contributed by atoms with E-state index in [-0.39, 0.29) is 17.7 Å². The maximum absolute atomic E-state index is 12.1. The van der Waals surface area contributed by atoms with Gasteiger partial charge in [0.25, 0.3) is 0 Å². The van der Waals surface area contributed by atoms with E-state index in [1.807, 2.05) is 18.2 Å². The van der Waals surface area contributed by atoms with Crippen LogP contribution in [0.15, 0.2) is 59.1 Å². The number of amides is 3. The Labute approximate surface area is 166 Å². The van der Waals surface area contributed by atoms with Crippen molar-refractivity contribution in [3.8, 4) is 0 Å². The zero-order valence-corrected chi connectivity index (χ0v) is 16.0. The summed E-state index contributed by atoms with van der Waals surface area (Å²) >= 11 is 1.39. The van der Waals surface area contributed by atoms with Crippen molar-refractivity contribution in [1.82, 2.24) is 10.1 Å². The molecule has 0 aliphatic heterocycles. The van der Waals surface area contributed by atoms with Gasteiger partial charge in [-0.3, -0.25) is 4.79 Å². The smallest absolute Gasteiger partial charge is 0.323 e. The van der Waals surface area contributed by atoms with E-state index in [0.717, 1.165) is 0 Å². The van der Waals surface area contributed by atoms with Crippen LogP contribution in [0.4, 0.5) is 21.9 Å². The monoisotopic (exact) mass is 397 g/mol. The van der Waals surface area contributed by atoms with Crippen LogP contribution in [0.2, 0.25) is 0 Å². The minimum atomic E-state index is -0.361. The van der Waals surface area contributed by atoms with Gasteiger partial charge in [0.2, 0.25) is 11.8 Å². The third-order valence-corrected chi connectivity index (χ3v) is 4.40. The van der Waals surface area contributed by atoms with E-state index in [0.29, 0.717) is 34.5 Å². The van der Waals surface area contributed by atoms with Crippen LogP contribution in [-0.2, 0) is 10.5 Å². The van der Waals surface area contributed by atoms with Gasteiger partial charge in [-0.25, -0.2) is 4.79 Å². The number of aromatic nitrogens is 2. The molecule has 144 valence electrons. The molecule has 0 radical (unpaired) electrons. The summed E-state index contributed by atoms with van der Waals surface area (Å²) in [4.78, 5) is 28.2. The summed E-state index contributed by atoms with van der Waals surface area (Å²) in [6.07, 6.45) is 0. The van der Waals surface area contributed by atoms with E-state index in [1.54, 1.807) is 43.3 Å². The molecule has 0 saturated heterocycles. The lowest BCUT2D eigenvalue weighted by atomic mass is 10.2. The number of rotatable bonds is 7. The van der Waals surface area contributed by atoms with Crippen molar-refractivity contribution in [3.05, 3.63) is 66.3 Å². The first-order valence-corrected chi connectivity index (χ1v) is 9.64. The highest BCUT2D eigenvalue weighted by atomic mass is 32.2. The van der Waals surface area contributed by atoms with Crippen LogP contribution in [-0.4, -0.2) is 27.8 Å². The number of carbonyl (C=O) groups excluding carboxylic acids is 2. The number of nitrogens with one attached hydrogen (secondary N) is 3. The molecule has 0 unspecified atom stereocenters. The first-order chi connectivity index (χ1) is 13.6. The van der Waals surface area contributed by atoms with E-state index < -0.39 is 0 Å². The Morgan fingerprint density at radius 2 is 1.64 bits per heavy atom. The molecule has 0 saturated carbocycles. The quantitative estimate of drug-likeness (QED) is 0.558. The first kappa shape index (κ1) is 19.4. The lowest BCUT2D eigenvalue weighted by Gasteiger charge is -2.10. The van der Waals surface area contributed by atoms with Gasteiger partial charge in [-0.15, -0.1) is 11.8 Å². The maximum Gasteiger partial charge on any atom is 0.323 e. The fourth-order valence-electron chi connectivity index (χ4n) is 2.32. The molecule has 0 atom stereocenters. The summed E-state index contributed by atoms with van der Waals surface area (Å²) < 4.78 is 4.89. The third-order valence-electron chi connectivity index (χ3n) is 3.47. The number of carbonyl (C=O) groups is 2. The maximum atomic E-state index is 12.1. The molecule has 0 aliphatic rings. The Balaban J connectivity index is 1.47. The number of hydrogen-bond donors (Lipinski definition) is 3. The molecule has 3 N–H and O–H groups in total. The van der Waals surface area contributed by atoms with E-state index in [2.05, 4.69) is 26.1 Å². The van der Waals surface area contributed by atoms with Gasteiger partial charge in [-0.05, 0) is 30.3 Å². The molecule has 1 heterocycles. The molecule has 0 spiro atoms. The summed E-state index contributed by atoms with van der Waals surface area (Å²) in [5.74, 6) is 1.65. The molecular weight excluding hydrogens is 378 g/mol. The van der Waals surface area contributed by atoms with Crippen molar-refractivity contribution in [1.29, 1.82) is 0 Å². The van der Waals surface area contributed by atoms with Crippen LogP contribution in [0.5, 0.6) is 0 Å². The second kappa shape index (κ2) is 9.56. The van der Waals surface area contributed by atoms with E-state index in [4.69, 9.17) is 4.52 Å². The van der Waals surface area contributed by atoms with Gasteiger partial charge in [0.05, 0.1) is 11.5 Å². The van der Waals surface area contributed by atoms with Crippen LogP contribution in [0.3, 0.4) is 0 Å². The molecule has 3 aromatic rings. The Hall–Kier alpha value is -3.33. The topological polar surface area (TPSA) is 109 Å². The van der Waals surface area contributed by atoms with Crippen LogP contribution in [0, 0.1) is 6.92 Å². The average Bonchev–Trinajstić information content (AvgIpc) is 3.08. The Kier molecular flexibility index (Phi) is 6.64. The van der Waals surface area contributed by atoms with Crippen molar-refractivity contribution in [2.75, 3.05) is 21.7 Å². The van der Waals surface area contributed by atoms with E-state index >= 15 is 0 Å². The number of benzene rings is 2. The summed E-state index contributed by atoms with van der Waals surface area (Å²) in [5.41, 5.74) is 1.86. The van der Waals surface area contributed by atoms with Crippen molar-refractivity contribution in [2.45, 2.75) is 12.7 Å². The summed E-state index contributed by atoms with van der Waals surface area (Å²) in [7, 11) is 0. The SMILES string of the molecule is Cc1nc(CSCC(=O)Nc2cccc(NC(=O)Nc3ccccc3)c2)no1. The Morgan fingerprint density at radius 3 is 2.36 bits per heavy atom. The first-order valence-electron chi connectivity index (χ1n) is 8.48. The number of para-hydroxylation sites is 1. The van der Waals surface area contributed by atoms with Crippen molar-refractivity contribution >= 4 is 40.8 Å². The molecule has 0 fully saturated rings. The minimum Gasteiger partial charge on any atom is -0.340 e. The van der Waals surface area contributed by atoms with Gasteiger partial charge >= 0.3 is 6.03 Å². The van der Waals surface area contributed by atoms with E-state index in [1.165, 1.54) is 11.8 Å². The molecule has 0 aliphatic carbocycles. The molecule has 28 heavy (non-hydrogen) atoms. The number of thioether (sulfide) groups is 1. The highest BCUT2D eigenvalue weighted by molar-refractivity contribution is 7.99. The van der Waals surface area contributed by atoms with Crippen LogP contribution in [0.25, 0.3) is 0 Å². The highest BCUT2D eigenvalue weighted by Gasteiger charge is 2.08. The zero-order chi connectivity index (χ0) is 19.8. The molecule has 0 bridgehead atoms. The van der Waals surface area contributed by atoms with Crippen LogP contribution < -0.4 is 16.0 Å². The minimum absolute atomic E-state index is 0.156. The largest absolute Gasteiger partial charge is 0.340 e. The Morgan fingerprint density at radius 1 is 0.964 bits per heavy atom. The van der Waals surface area contributed by atoms with Crippen molar-refractivity contribution in [2.24, 2.45) is 0 Å². The van der Waals surface area contributed by atoms with Crippen LogP contribution in [0.1, 0.15) is 11.7 Å². The van der Waals surface area contributed by atoms with Gasteiger partial charge in [0.1, 0.15) is 0 Å². The van der Waals surface area contributed by atoms with Crippen LogP contribution >= 0.6 is 11.8 Å². The lowest BCUT2D eigenvalue weighted by Crippen LogP contribution is -2.19. The number of hydrogen-bond acceptors (Lipinski definition) is 6. The summed E-state index contributed by atoms with van der Waals surface area (Å²) in [5, 5.41) is 12.1. The van der Waals surface area contributed by atoms with E-state index in [9.17, 15) is 9.59 Å². The Bertz CT molecular complexity index is 946. The van der Waals surface area contributed by atoms with Crippen molar-refractivity contribution < 1.29 is 14.1 Å². The summed E-state index contributed by atoms with van der Waals surface area (Å²) in [6.45, 7) is 1.72. The molecule has 1 aromatic heterocycles. The predicted octanol–water partition coefficient (Wildman–Crippen LogP) is 3.89. The second-order valence-electron chi connectivity index (χ2n) is 5.80. The fourth-order valence-corrected chi connectivity index (χ4v) is 2.98. The molecular formula is C19H19N5O3S. The van der Waals surface area contributed by atoms with Gasteiger partial charge in [0, 0.05) is 24.0 Å². The summed E-state index contributed by atoms with van der Waals surface area (Å²) in [6, 6.07) is 15.7. The molecule has 3 amide bonds. The average molecular weight is 397 g/mol. The lowest BCUT2D eigenvalue weighted by molar-refractivity contribution is -0.113. The van der Waals surface area contributed by atoms with Crippen molar-refractivity contribution in [3.63, 3.8) is 0 Å². The van der Waals surface area contributed by atoms with Gasteiger partial charge < -0.3 is 20.5 Å². The number of urea groups is 1. The highest BCUT2D eigenvalue weighted by Crippen LogP contribution is 2.17.